The maximum Gasteiger partial charge on any atom is 0.0591 e. The fourth-order valence-corrected chi connectivity index (χ4v) is 1.75. The molecule has 1 rings (SSSR count). The molecule has 84 valence electrons. The second-order valence-electron chi connectivity index (χ2n) is 5.01. The van der Waals surface area contributed by atoms with Crippen LogP contribution in [0.4, 0.5) is 0 Å². The predicted octanol–water partition coefficient (Wildman–Crippen LogP) is 3.48. The van der Waals surface area contributed by atoms with Crippen molar-refractivity contribution in [3.63, 3.8) is 0 Å². The van der Waals surface area contributed by atoms with E-state index in [1.165, 1.54) is 11.1 Å². The van der Waals surface area contributed by atoms with Gasteiger partial charge in [-0.3, -0.25) is 0 Å². The molecular formula is C14H22O. The fourth-order valence-electron chi connectivity index (χ4n) is 1.75. The second kappa shape index (κ2) is 5.32. The molecule has 0 radical (unpaired) electrons. The normalized spacial score (nSPS) is 11.7. The Kier molecular flexibility index (Phi) is 4.34. The monoisotopic (exact) mass is 206 g/mol. The minimum absolute atomic E-state index is 0.507. The zero-order chi connectivity index (χ0) is 11.3. The van der Waals surface area contributed by atoms with Gasteiger partial charge in [0.25, 0.3) is 0 Å². The Morgan fingerprint density at radius 1 is 1.20 bits per heavy atom. The molecule has 0 atom stereocenters. The first kappa shape index (κ1) is 12.3. The van der Waals surface area contributed by atoms with Crippen LogP contribution in [0.15, 0.2) is 24.3 Å². The summed E-state index contributed by atoms with van der Waals surface area (Å²) in [6, 6.07) is 8.65. The standard InChI is InChI=1S/C14H22O/c1-12-7-6-9-13(11-12)8-4-5-10-14(2,3)15/h6-7,9,11,15H,4-5,8,10H2,1-3H3. The van der Waals surface area contributed by atoms with Crippen LogP contribution in [-0.2, 0) is 6.42 Å². The van der Waals surface area contributed by atoms with Crippen molar-refractivity contribution in [3.05, 3.63) is 35.4 Å². The third-order valence-electron chi connectivity index (χ3n) is 2.59. The van der Waals surface area contributed by atoms with E-state index in [4.69, 9.17) is 0 Å². The number of benzene rings is 1. The highest BCUT2D eigenvalue weighted by Gasteiger charge is 2.10. The van der Waals surface area contributed by atoms with Gasteiger partial charge in [0.2, 0.25) is 0 Å². The largest absolute Gasteiger partial charge is 0.390 e. The van der Waals surface area contributed by atoms with E-state index >= 15 is 0 Å². The van der Waals surface area contributed by atoms with E-state index in [2.05, 4.69) is 31.2 Å². The molecule has 15 heavy (non-hydrogen) atoms. The van der Waals surface area contributed by atoms with Crippen LogP contribution in [0.2, 0.25) is 0 Å². The molecule has 0 spiro atoms. The number of aryl methyl sites for hydroxylation is 2. The summed E-state index contributed by atoms with van der Waals surface area (Å²) in [6.07, 6.45) is 4.27. The summed E-state index contributed by atoms with van der Waals surface area (Å²) in [5.74, 6) is 0. The molecule has 0 bridgehead atoms. The lowest BCUT2D eigenvalue weighted by atomic mass is 9.99. The second-order valence-corrected chi connectivity index (χ2v) is 5.01. The summed E-state index contributed by atoms with van der Waals surface area (Å²) < 4.78 is 0. The van der Waals surface area contributed by atoms with Crippen molar-refractivity contribution >= 4 is 0 Å². The third kappa shape index (κ3) is 5.58. The predicted molar refractivity (Wildman–Crippen MR) is 65.0 cm³/mol. The van der Waals surface area contributed by atoms with Crippen molar-refractivity contribution in [1.82, 2.24) is 0 Å². The molecule has 1 aromatic carbocycles. The lowest BCUT2D eigenvalue weighted by Crippen LogP contribution is -2.17. The fraction of sp³-hybridized carbons (Fsp3) is 0.571. The van der Waals surface area contributed by atoms with Crippen LogP contribution in [0.3, 0.4) is 0 Å². The molecule has 0 saturated heterocycles. The average molecular weight is 206 g/mol. The molecule has 0 amide bonds. The van der Waals surface area contributed by atoms with Gasteiger partial charge in [0.1, 0.15) is 0 Å². The topological polar surface area (TPSA) is 20.2 Å². The van der Waals surface area contributed by atoms with Gasteiger partial charge in [0.05, 0.1) is 5.60 Å². The number of aliphatic hydroxyl groups is 1. The SMILES string of the molecule is Cc1cccc(CCCCC(C)(C)O)c1. The van der Waals surface area contributed by atoms with Crippen LogP contribution in [0.1, 0.15) is 44.2 Å². The Labute approximate surface area is 93.1 Å². The van der Waals surface area contributed by atoms with E-state index in [-0.39, 0.29) is 0 Å². The highest BCUT2D eigenvalue weighted by atomic mass is 16.3. The smallest absolute Gasteiger partial charge is 0.0591 e. The van der Waals surface area contributed by atoms with Gasteiger partial charge in [-0.05, 0) is 45.6 Å². The zero-order valence-electron chi connectivity index (χ0n) is 10.1. The van der Waals surface area contributed by atoms with Crippen molar-refractivity contribution in [2.75, 3.05) is 0 Å². The van der Waals surface area contributed by atoms with Crippen LogP contribution in [-0.4, -0.2) is 10.7 Å². The molecule has 1 N–H and O–H groups in total. The number of rotatable bonds is 5. The van der Waals surface area contributed by atoms with Gasteiger partial charge in [-0.1, -0.05) is 36.2 Å². The Morgan fingerprint density at radius 3 is 2.53 bits per heavy atom. The highest BCUT2D eigenvalue weighted by molar-refractivity contribution is 5.22. The molecule has 0 aliphatic heterocycles. The zero-order valence-corrected chi connectivity index (χ0v) is 10.1. The van der Waals surface area contributed by atoms with Crippen LogP contribution in [0.5, 0.6) is 0 Å². The van der Waals surface area contributed by atoms with Crippen LogP contribution < -0.4 is 0 Å². The lowest BCUT2D eigenvalue weighted by molar-refractivity contribution is 0.0682. The van der Waals surface area contributed by atoms with E-state index in [9.17, 15) is 5.11 Å². The number of unbranched alkanes of at least 4 members (excludes halogenated alkanes) is 1. The summed E-state index contributed by atoms with van der Waals surface area (Å²) in [7, 11) is 0. The molecule has 0 unspecified atom stereocenters. The van der Waals surface area contributed by atoms with Gasteiger partial charge < -0.3 is 5.11 Å². The molecule has 0 saturated carbocycles. The quantitative estimate of drug-likeness (QED) is 0.731. The highest BCUT2D eigenvalue weighted by Crippen LogP contribution is 2.14. The summed E-state index contributed by atoms with van der Waals surface area (Å²) in [6.45, 7) is 5.87. The molecule has 1 nitrogen and oxygen atoms in total. The van der Waals surface area contributed by atoms with Gasteiger partial charge in [-0.25, -0.2) is 0 Å². The van der Waals surface area contributed by atoms with E-state index in [1.807, 2.05) is 13.8 Å². The van der Waals surface area contributed by atoms with Gasteiger partial charge in [-0.15, -0.1) is 0 Å². The van der Waals surface area contributed by atoms with E-state index in [0.29, 0.717) is 0 Å². The first-order valence-electron chi connectivity index (χ1n) is 5.75. The van der Waals surface area contributed by atoms with E-state index in [1.54, 1.807) is 0 Å². The Morgan fingerprint density at radius 2 is 1.93 bits per heavy atom. The van der Waals surface area contributed by atoms with Crippen molar-refractivity contribution < 1.29 is 5.11 Å². The van der Waals surface area contributed by atoms with Gasteiger partial charge >= 0.3 is 0 Å². The molecule has 0 heterocycles. The lowest BCUT2D eigenvalue weighted by Gasteiger charge is -2.16. The van der Waals surface area contributed by atoms with Crippen LogP contribution in [0.25, 0.3) is 0 Å². The third-order valence-corrected chi connectivity index (χ3v) is 2.59. The molecule has 1 aromatic rings. The maximum atomic E-state index is 9.56. The first-order valence-corrected chi connectivity index (χ1v) is 5.75. The first-order chi connectivity index (χ1) is 6.97. The van der Waals surface area contributed by atoms with E-state index in [0.717, 1.165) is 25.7 Å². The Hall–Kier alpha value is -0.820. The average Bonchev–Trinajstić information content (AvgIpc) is 2.11. The minimum atomic E-state index is -0.507. The molecule has 0 aliphatic carbocycles. The van der Waals surface area contributed by atoms with Crippen LogP contribution >= 0.6 is 0 Å². The number of hydrogen-bond donors (Lipinski definition) is 1. The van der Waals surface area contributed by atoms with Crippen LogP contribution in [0, 0.1) is 6.92 Å². The molecule has 1 heteroatoms. The van der Waals surface area contributed by atoms with Crippen molar-refractivity contribution in [2.24, 2.45) is 0 Å². The molecule has 0 fully saturated rings. The van der Waals surface area contributed by atoms with Crippen molar-refractivity contribution in [3.8, 4) is 0 Å². The Balaban J connectivity index is 2.26. The van der Waals surface area contributed by atoms with Gasteiger partial charge in [0.15, 0.2) is 0 Å². The summed E-state index contributed by atoms with van der Waals surface area (Å²) >= 11 is 0. The summed E-state index contributed by atoms with van der Waals surface area (Å²) in [5.41, 5.74) is 2.23. The summed E-state index contributed by atoms with van der Waals surface area (Å²) in [4.78, 5) is 0. The summed E-state index contributed by atoms with van der Waals surface area (Å²) in [5, 5.41) is 9.56. The molecular weight excluding hydrogens is 184 g/mol. The van der Waals surface area contributed by atoms with Gasteiger partial charge in [-0.2, -0.15) is 0 Å². The Bertz CT molecular complexity index is 296. The van der Waals surface area contributed by atoms with Crippen molar-refractivity contribution in [2.45, 2.75) is 52.1 Å². The van der Waals surface area contributed by atoms with Crippen molar-refractivity contribution in [1.29, 1.82) is 0 Å². The number of hydrogen-bond acceptors (Lipinski definition) is 1. The molecule has 0 aliphatic rings. The maximum absolute atomic E-state index is 9.56. The molecule has 0 aromatic heterocycles. The minimum Gasteiger partial charge on any atom is -0.390 e. The van der Waals surface area contributed by atoms with E-state index < -0.39 is 5.60 Å². The van der Waals surface area contributed by atoms with Gasteiger partial charge in [0, 0.05) is 0 Å².